The summed E-state index contributed by atoms with van der Waals surface area (Å²) in [5, 5.41) is 9.83. The Bertz CT molecular complexity index is 938. The lowest BCUT2D eigenvalue weighted by atomic mass is 9.96. The standard InChI is InChI=1S/C19H25NO.C7H8N2O/c1-3-13-20(14-4-2)19(16-9-6-5-7-10-16)17-11-8-12-18(21)15-17;1-5(10)6-2-7(8)4-9-3-6/h5-12,15,19,21H,3-4,13-14H2,1-2H3;2-4H,8H2,1H3. The van der Waals surface area contributed by atoms with Crippen LogP contribution in [-0.4, -0.2) is 33.9 Å². The number of rotatable bonds is 8. The summed E-state index contributed by atoms with van der Waals surface area (Å²) in [5.74, 6) is 0.321. The first-order chi connectivity index (χ1) is 15.0. The molecule has 0 fully saturated rings. The first-order valence-electron chi connectivity index (χ1n) is 10.8. The molecule has 5 heteroatoms. The van der Waals surface area contributed by atoms with Gasteiger partial charge in [0.25, 0.3) is 0 Å². The van der Waals surface area contributed by atoms with Gasteiger partial charge in [0.1, 0.15) is 5.75 Å². The number of nitrogens with two attached hydrogens (primary N) is 1. The maximum atomic E-state index is 10.7. The highest BCUT2D eigenvalue weighted by atomic mass is 16.3. The fraction of sp³-hybridized carbons (Fsp3) is 0.308. The number of hydrogen-bond donors (Lipinski definition) is 2. The first-order valence-corrected chi connectivity index (χ1v) is 10.8. The van der Waals surface area contributed by atoms with Crippen molar-refractivity contribution >= 4 is 11.5 Å². The van der Waals surface area contributed by atoms with Gasteiger partial charge in [0.05, 0.1) is 11.7 Å². The number of aromatic hydroxyl groups is 1. The molecule has 0 amide bonds. The molecule has 0 bridgehead atoms. The van der Waals surface area contributed by atoms with Gasteiger partial charge in [0.15, 0.2) is 5.78 Å². The molecular formula is C26H33N3O2. The molecule has 0 radical (unpaired) electrons. The number of benzene rings is 2. The SMILES string of the molecule is CC(=O)c1cncc(N)c1.CCCN(CCC)C(c1ccccc1)c1cccc(O)c1. The van der Waals surface area contributed by atoms with Crippen LogP contribution < -0.4 is 5.73 Å². The molecular weight excluding hydrogens is 386 g/mol. The maximum Gasteiger partial charge on any atom is 0.161 e. The molecule has 1 unspecified atom stereocenters. The van der Waals surface area contributed by atoms with Crippen LogP contribution in [0.4, 0.5) is 5.69 Å². The molecule has 0 spiro atoms. The van der Waals surface area contributed by atoms with Crippen LogP contribution in [0.25, 0.3) is 0 Å². The highest BCUT2D eigenvalue weighted by molar-refractivity contribution is 5.94. The van der Waals surface area contributed by atoms with Gasteiger partial charge in [-0.05, 0) is 62.2 Å². The molecule has 3 aromatic rings. The van der Waals surface area contributed by atoms with Gasteiger partial charge >= 0.3 is 0 Å². The molecule has 0 aliphatic carbocycles. The van der Waals surface area contributed by atoms with Crippen molar-refractivity contribution in [2.75, 3.05) is 18.8 Å². The lowest BCUT2D eigenvalue weighted by Gasteiger charge is -2.32. The van der Waals surface area contributed by atoms with E-state index in [2.05, 4.69) is 54.1 Å². The predicted octanol–water partition coefficient (Wildman–Crippen LogP) is 5.47. The zero-order valence-electron chi connectivity index (χ0n) is 18.7. The molecule has 0 saturated heterocycles. The van der Waals surface area contributed by atoms with E-state index < -0.39 is 0 Å². The molecule has 164 valence electrons. The van der Waals surface area contributed by atoms with Crippen molar-refractivity contribution in [3.63, 3.8) is 0 Å². The molecule has 0 aliphatic heterocycles. The average molecular weight is 420 g/mol. The molecule has 1 aromatic heterocycles. The summed E-state index contributed by atoms with van der Waals surface area (Å²) in [6.07, 6.45) is 5.26. The quantitative estimate of drug-likeness (QED) is 0.473. The van der Waals surface area contributed by atoms with E-state index in [-0.39, 0.29) is 11.8 Å². The third kappa shape index (κ3) is 7.54. The van der Waals surface area contributed by atoms with Gasteiger partial charge in [0, 0.05) is 18.0 Å². The number of nitrogen functional groups attached to an aromatic ring is 1. The summed E-state index contributed by atoms with van der Waals surface area (Å²) in [6, 6.07) is 20.0. The Hall–Kier alpha value is -3.18. The lowest BCUT2D eigenvalue weighted by Crippen LogP contribution is -2.31. The number of anilines is 1. The smallest absolute Gasteiger partial charge is 0.161 e. The number of carbonyl (C=O) groups is 1. The van der Waals surface area contributed by atoms with Crippen LogP contribution in [0.15, 0.2) is 73.1 Å². The zero-order chi connectivity index (χ0) is 22.6. The van der Waals surface area contributed by atoms with Crippen LogP contribution in [0.3, 0.4) is 0 Å². The van der Waals surface area contributed by atoms with Crippen molar-refractivity contribution in [2.24, 2.45) is 0 Å². The Labute approximate surface area is 185 Å². The Morgan fingerprint density at radius 3 is 2.13 bits per heavy atom. The first kappa shape index (κ1) is 24.1. The normalized spacial score (nSPS) is 11.5. The highest BCUT2D eigenvalue weighted by Gasteiger charge is 2.21. The highest BCUT2D eigenvalue weighted by Crippen LogP contribution is 2.30. The number of Topliss-reactive ketones (excluding diaryl/α,β-unsaturated/α-hetero) is 1. The second kappa shape index (κ2) is 12.5. The van der Waals surface area contributed by atoms with Crippen molar-refractivity contribution < 1.29 is 9.90 Å². The minimum Gasteiger partial charge on any atom is -0.508 e. The summed E-state index contributed by atoms with van der Waals surface area (Å²) >= 11 is 0. The number of pyridine rings is 1. The van der Waals surface area contributed by atoms with Gasteiger partial charge in [-0.1, -0.05) is 56.3 Å². The second-order valence-electron chi connectivity index (χ2n) is 7.51. The van der Waals surface area contributed by atoms with Gasteiger partial charge in [-0.15, -0.1) is 0 Å². The number of phenolic OH excluding ortho intramolecular Hbond substituents is 1. The Morgan fingerprint density at radius 1 is 0.968 bits per heavy atom. The fourth-order valence-electron chi connectivity index (χ4n) is 3.54. The van der Waals surface area contributed by atoms with Crippen molar-refractivity contribution in [3.05, 3.63) is 89.7 Å². The van der Waals surface area contributed by atoms with E-state index in [1.807, 2.05) is 18.2 Å². The van der Waals surface area contributed by atoms with Gasteiger partial charge in [-0.3, -0.25) is 14.7 Å². The van der Waals surface area contributed by atoms with E-state index >= 15 is 0 Å². The van der Waals surface area contributed by atoms with E-state index in [0.29, 0.717) is 17.0 Å². The molecule has 0 aliphatic rings. The Morgan fingerprint density at radius 2 is 1.61 bits per heavy atom. The Balaban J connectivity index is 0.000000285. The lowest BCUT2D eigenvalue weighted by molar-refractivity contribution is 0.101. The van der Waals surface area contributed by atoms with Gasteiger partial charge < -0.3 is 10.8 Å². The third-order valence-electron chi connectivity index (χ3n) is 4.85. The van der Waals surface area contributed by atoms with E-state index in [4.69, 9.17) is 5.73 Å². The van der Waals surface area contributed by atoms with Crippen LogP contribution in [0.1, 0.15) is 61.1 Å². The Kier molecular flexibility index (Phi) is 9.72. The fourth-order valence-corrected chi connectivity index (χ4v) is 3.54. The van der Waals surface area contributed by atoms with Crippen molar-refractivity contribution in [2.45, 2.75) is 39.7 Å². The summed E-state index contributed by atoms with van der Waals surface area (Å²) in [7, 11) is 0. The molecule has 2 aromatic carbocycles. The molecule has 0 saturated carbocycles. The van der Waals surface area contributed by atoms with Crippen LogP contribution in [0, 0.1) is 0 Å². The topological polar surface area (TPSA) is 79.5 Å². The summed E-state index contributed by atoms with van der Waals surface area (Å²) in [4.78, 5) is 17.0. The molecule has 5 nitrogen and oxygen atoms in total. The van der Waals surface area contributed by atoms with Crippen LogP contribution in [-0.2, 0) is 0 Å². The van der Waals surface area contributed by atoms with E-state index in [0.717, 1.165) is 31.5 Å². The molecule has 31 heavy (non-hydrogen) atoms. The number of phenols is 1. The zero-order valence-corrected chi connectivity index (χ0v) is 18.7. The largest absolute Gasteiger partial charge is 0.508 e. The molecule has 1 heterocycles. The third-order valence-corrected chi connectivity index (χ3v) is 4.85. The van der Waals surface area contributed by atoms with Crippen molar-refractivity contribution in [1.82, 2.24) is 9.88 Å². The van der Waals surface area contributed by atoms with Crippen molar-refractivity contribution in [1.29, 1.82) is 0 Å². The van der Waals surface area contributed by atoms with Gasteiger partial charge in [-0.2, -0.15) is 0 Å². The number of nitrogens with zero attached hydrogens (tertiary/aromatic N) is 2. The summed E-state index contributed by atoms with van der Waals surface area (Å²) in [6.45, 7) is 8.03. The molecule has 3 rings (SSSR count). The van der Waals surface area contributed by atoms with Crippen molar-refractivity contribution in [3.8, 4) is 5.75 Å². The van der Waals surface area contributed by atoms with Crippen LogP contribution in [0.2, 0.25) is 0 Å². The maximum absolute atomic E-state index is 10.7. The summed E-state index contributed by atoms with van der Waals surface area (Å²) < 4.78 is 0. The minimum atomic E-state index is -0.0141. The predicted molar refractivity (Wildman–Crippen MR) is 127 cm³/mol. The number of carbonyl (C=O) groups excluding carboxylic acids is 1. The van der Waals surface area contributed by atoms with Gasteiger partial charge in [0.2, 0.25) is 0 Å². The summed E-state index contributed by atoms with van der Waals surface area (Å²) in [5.41, 5.74) is 8.90. The number of ketones is 1. The monoisotopic (exact) mass is 419 g/mol. The van der Waals surface area contributed by atoms with Crippen LogP contribution in [0.5, 0.6) is 5.75 Å². The number of aromatic nitrogens is 1. The molecule has 1 atom stereocenters. The second-order valence-corrected chi connectivity index (χ2v) is 7.51. The average Bonchev–Trinajstić information content (AvgIpc) is 2.76. The van der Waals surface area contributed by atoms with Crippen LogP contribution >= 0.6 is 0 Å². The number of hydrogen-bond acceptors (Lipinski definition) is 5. The molecule has 3 N–H and O–H groups in total. The minimum absolute atomic E-state index is 0.0141. The van der Waals surface area contributed by atoms with E-state index in [1.165, 1.54) is 24.9 Å². The van der Waals surface area contributed by atoms with E-state index in [9.17, 15) is 9.90 Å². The van der Waals surface area contributed by atoms with E-state index in [1.54, 1.807) is 12.1 Å². The van der Waals surface area contributed by atoms with Gasteiger partial charge in [-0.25, -0.2) is 0 Å².